The molecule has 0 spiro atoms. The topological polar surface area (TPSA) is 101 Å². The Morgan fingerprint density at radius 1 is 1.08 bits per heavy atom. The van der Waals surface area contributed by atoms with Gasteiger partial charge in [0.25, 0.3) is 0 Å². The van der Waals surface area contributed by atoms with Gasteiger partial charge in [0.15, 0.2) is 29.5 Å². The number of thioether (sulfide) groups is 1. The number of nitrogens with zero attached hydrogens (tertiary/aromatic N) is 1. The van der Waals surface area contributed by atoms with Crippen molar-refractivity contribution >= 4 is 52.3 Å². The third kappa shape index (κ3) is 5.73. The first kappa shape index (κ1) is 20.7. The highest BCUT2D eigenvalue weighted by atomic mass is 127. The zero-order valence-corrected chi connectivity index (χ0v) is 17.3. The number of hydrogen-bond acceptors (Lipinski definition) is 9. The zero-order valence-electron chi connectivity index (χ0n) is 14.3. The van der Waals surface area contributed by atoms with E-state index in [1.165, 1.54) is 32.5 Å². The third-order valence-corrected chi connectivity index (χ3v) is 5.39. The Morgan fingerprint density at radius 2 is 1.69 bits per heavy atom. The molecule has 0 bridgehead atoms. The maximum absolute atomic E-state index is 11.6. The van der Waals surface area contributed by atoms with Crippen LogP contribution in [-0.4, -0.2) is 52.4 Å². The summed E-state index contributed by atoms with van der Waals surface area (Å²) in [6.07, 6.45) is 0.506. The van der Waals surface area contributed by atoms with Gasteiger partial charge in [0.2, 0.25) is 0 Å². The van der Waals surface area contributed by atoms with Crippen molar-refractivity contribution in [1.29, 1.82) is 0 Å². The quantitative estimate of drug-likeness (QED) is 0.345. The Bertz CT molecular complexity index is 686. The maximum atomic E-state index is 11.6. The summed E-state index contributed by atoms with van der Waals surface area (Å²) in [6, 6.07) is 1.77. The average molecular weight is 495 g/mol. The van der Waals surface area contributed by atoms with E-state index in [0.717, 1.165) is 3.57 Å². The molecule has 0 unspecified atom stereocenters. The average Bonchev–Trinajstić information content (AvgIpc) is 2.53. The molecule has 0 radical (unpaired) electrons. The van der Waals surface area contributed by atoms with Crippen molar-refractivity contribution in [2.45, 2.75) is 44.5 Å². The molecule has 142 valence electrons. The van der Waals surface area contributed by atoms with Crippen LogP contribution in [0.2, 0.25) is 0 Å². The summed E-state index contributed by atoms with van der Waals surface area (Å²) >= 11 is 3.40. The van der Waals surface area contributed by atoms with Crippen molar-refractivity contribution in [2.75, 3.05) is 5.75 Å². The van der Waals surface area contributed by atoms with Crippen LogP contribution < -0.4 is 4.74 Å². The smallest absolute Gasteiger partial charge is 0.303 e. The fourth-order valence-electron chi connectivity index (χ4n) is 2.38. The van der Waals surface area contributed by atoms with Gasteiger partial charge < -0.3 is 18.9 Å². The van der Waals surface area contributed by atoms with Gasteiger partial charge in [-0.15, -0.1) is 11.8 Å². The van der Waals surface area contributed by atoms with Gasteiger partial charge in [-0.25, -0.2) is 0 Å². The lowest BCUT2D eigenvalue weighted by Crippen LogP contribution is -2.55. The molecule has 8 nitrogen and oxygen atoms in total. The van der Waals surface area contributed by atoms with Crippen molar-refractivity contribution < 1.29 is 33.3 Å². The van der Waals surface area contributed by atoms with Gasteiger partial charge in [-0.3, -0.25) is 19.4 Å². The number of carbonyl (C=O) groups excluding carboxylic acids is 3. The maximum Gasteiger partial charge on any atom is 0.303 e. The summed E-state index contributed by atoms with van der Waals surface area (Å²) in [5.41, 5.74) is -0.659. The molecule has 2 rings (SSSR count). The molecule has 4 atom stereocenters. The monoisotopic (exact) mass is 495 g/mol. The summed E-state index contributed by atoms with van der Waals surface area (Å²) in [4.78, 5) is 38.5. The van der Waals surface area contributed by atoms with E-state index in [-0.39, 0.29) is 0 Å². The minimum absolute atomic E-state index is 0.316. The second-order valence-electron chi connectivity index (χ2n) is 5.42. The molecular formula is C16H18INO7S. The molecule has 1 aromatic heterocycles. The number of rotatable bonds is 5. The predicted molar refractivity (Wildman–Crippen MR) is 100 cm³/mol. The fraction of sp³-hybridized carbons (Fsp3) is 0.500. The molecule has 0 saturated carbocycles. The molecule has 1 saturated heterocycles. The Balaban J connectivity index is 2.29. The van der Waals surface area contributed by atoms with Gasteiger partial charge in [0.05, 0.1) is 9.77 Å². The van der Waals surface area contributed by atoms with Crippen LogP contribution in [0.5, 0.6) is 5.75 Å². The summed E-state index contributed by atoms with van der Waals surface area (Å²) in [6.45, 7) is 3.74. The summed E-state index contributed by atoms with van der Waals surface area (Å²) < 4.78 is 22.7. The van der Waals surface area contributed by atoms with E-state index in [1.807, 2.05) is 0 Å². The highest BCUT2D eigenvalue weighted by Crippen LogP contribution is 2.35. The first-order valence-corrected chi connectivity index (χ1v) is 9.80. The lowest BCUT2D eigenvalue weighted by Gasteiger charge is -2.39. The number of esters is 3. The molecule has 10 heteroatoms. The molecule has 26 heavy (non-hydrogen) atoms. The van der Waals surface area contributed by atoms with Gasteiger partial charge in [-0.2, -0.15) is 0 Å². The fourth-order valence-corrected chi connectivity index (χ4v) is 4.02. The Kier molecular flexibility index (Phi) is 7.50. The molecule has 0 aliphatic carbocycles. The second-order valence-corrected chi connectivity index (χ2v) is 7.72. The minimum Gasteiger partial charge on any atom is -0.473 e. The van der Waals surface area contributed by atoms with E-state index >= 15 is 0 Å². The molecule has 1 aliphatic heterocycles. The van der Waals surface area contributed by atoms with Gasteiger partial charge in [0, 0.05) is 32.7 Å². The Morgan fingerprint density at radius 3 is 2.27 bits per heavy atom. The van der Waals surface area contributed by atoms with E-state index in [4.69, 9.17) is 18.9 Å². The minimum atomic E-state index is -0.971. The Labute approximate surface area is 168 Å². The summed E-state index contributed by atoms with van der Waals surface area (Å²) in [5.74, 6) is -0.834. The van der Waals surface area contributed by atoms with Gasteiger partial charge in [0.1, 0.15) is 0 Å². The summed E-state index contributed by atoms with van der Waals surface area (Å²) in [5, 5.41) is 0. The van der Waals surface area contributed by atoms with Crippen LogP contribution in [0.4, 0.5) is 0 Å². The molecule has 2 heterocycles. The third-order valence-electron chi connectivity index (χ3n) is 3.28. The molecule has 0 N–H and O–H groups in total. The number of hydrogen-bond donors (Lipinski definition) is 0. The molecule has 1 aliphatic rings. The number of ether oxygens (including phenoxy) is 4. The number of halogens is 1. The number of pyridine rings is 1. The van der Waals surface area contributed by atoms with Crippen molar-refractivity contribution in [3.63, 3.8) is 0 Å². The van der Waals surface area contributed by atoms with Crippen LogP contribution in [0.3, 0.4) is 0 Å². The van der Waals surface area contributed by atoms with Gasteiger partial charge >= 0.3 is 17.9 Å². The molecule has 1 aromatic rings. The van der Waals surface area contributed by atoms with Crippen molar-refractivity contribution in [3.8, 4) is 5.75 Å². The molecular weight excluding hydrogens is 477 g/mol. The lowest BCUT2D eigenvalue weighted by atomic mass is 10.1. The van der Waals surface area contributed by atoms with Crippen molar-refractivity contribution in [2.24, 2.45) is 0 Å². The van der Waals surface area contributed by atoms with Crippen LogP contribution in [-0.2, 0) is 28.6 Å². The van der Waals surface area contributed by atoms with Crippen molar-refractivity contribution in [3.05, 3.63) is 22.0 Å². The largest absolute Gasteiger partial charge is 0.473 e. The van der Waals surface area contributed by atoms with Crippen LogP contribution in [0, 0.1) is 3.57 Å². The molecule has 0 amide bonds. The van der Waals surface area contributed by atoms with Crippen LogP contribution in [0.15, 0.2) is 18.5 Å². The van der Waals surface area contributed by atoms with Crippen LogP contribution in [0.1, 0.15) is 20.8 Å². The Hall–Kier alpha value is -1.56. The second kappa shape index (κ2) is 9.40. The highest BCUT2D eigenvalue weighted by molar-refractivity contribution is 14.1. The van der Waals surface area contributed by atoms with E-state index < -0.39 is 41.7 Å². The van der Waals surface area contributed by atoms with E-state index in [9.17, 15) is 14.4 Å². The molecule has 0 aromatic carbocycles. The van der Waals surface area contributed by atoms with E-state index in [2.05, 4.69) is 27.6 Å². The van der Waals surface area contributed by atoms with E-state index in [1.54, 1.807) is 18.5 Å². The zero-order chi connectivity index (χ0) is 19.3. The standard InChI is InChI=1S/C16H18INO7S/c1-8(19)22-13-7-26-16(25-12-6-18-5-4-11(12)17)15(24-10(3)21)14(13)23-9(2)20/h4-6,13-16H,7H2,1-3H3/t13-,14+,15-,16-/m1/s1. The van der Waals surface area contributed by atoms with Gasteiger partial charge in [-0.05, 0) is 28.7 Å². The number of carbonyl (C=O) groups is 3. The normalized spacial score (nSPS) is 25.1. The highest BCUT2D eigenvalue weighted by Gasteiger charge is 2.47. The predicted octanol–water partition coefficient (Wildman–Crippen LogP) is 1.93. The first-order valence-electron chi connectivity index (χ1n) is 7.67. The summed E-state index contributed by atoms with van der Waals surface area (Å²) in [7, 11) is 0. The number of aromatic nitrogens is 1. The molecule has 1 fully saturated rings. The van der Waals surface area contributed by atoms with E-state index in [0.29, 0.717) is 11.5 Å². The lowest BCUT2D eigenvalue weighted by molar-refractivity contribution is -0.186. The van der Waals surface area contributed by atoms with Gasteiger partial charge in [-0.1, -0.05) is 0 Å². The van der Waals surface area contributed by atoms with Crippen molar-refractivity contribution in [1.82, 2.24) is 4.98 Å². The van der Waals surface area contributed by atoms with Crippen LogP contribution in [0.25, 0.3) is 0 Å². The SMILES string of the molecule is CC(=O)O[C@@H]1[C@@H](OC(C)=O)[C@H](OC(C)=O)CS[C@H]1Oc1cnccc1I. The first-order chi connectivity index (χ1) is 12.3. The van der Waals surface area contributed by atoms with Crippen LogP contribution >= 0.6 is 34.4 Å².